The fraction of sp³-hybridized carbons (Fsp3) is 0.263. The molecular weight excluding hydrogens is 349 g/mol. The van der Waals surface area contributed by atoms with Gasteiger partial charge in [-0.1, -0.05) is 12.1 Å². The molecule has 0 unspecified atom stereocenters. The molecule has 4 rings (SSSR count). The molecule has 0 spiro atoms. The summed E-state index contributed by atoms with van der Waals surface area (Å²) in [6, 6.07) is 7.89. The molecule has 0 radical (unpaired) electrons. The molecular formula is C19H18FN5O2. The lowest BCUT2D eigenvalue weighted by atomic mass is 10.1. The summed E-state index contributed by atoms with van der Waals surface area (Å²) in [5.74, 6) is -0.325. The van der Waals surface area contributed by atoms with E-state index in [0.717, 1.165) is 5.56 Å². The maximum Gasteiger partial charge on any atom is 0.280 e. The number of ether oxygens (including phenoxy) is 1. The topological polar surface area (TPSA) is 74.3 Å². The van der Waals surface area contributed by atoms with Crippen molar-refractivity contribution in [3.05, 3.63) is 58.4 Å². The van der Waals surface area contributed by atoms with E-state index in [1.807, 2.05) is 13.8 Å². The van der Waals surface area contributed by atoms with Crippen LogP contribution in [-0.4, -0.2) is 31.5 Å². The summed E-state index contributed by atoms with van der Waals surface area (Å²) in [5.41, 5.74) is 3.18. The highest BCUT2D eigenvalue weighted by Gasteiger charge is 2.20. The summed E-state index contributed by atoms with van der Waals surface area (Å²) in [7, 11) is 1.57. The van der Waals surface area contributed by atoms with Crippen molar-refractivity contribution in [3.63, 3.8) is 0 Å². The number of aromatic nitrogens is 5. The van der Waals surface area contributed by atoms with Gasteiger partial charge in [0.1, 0.15) is 11.3 Å². The predicted octanol–water partition coefficient (Wildman–Crippen LogP) is 2.97. The second kappa shape index (κ2) is 6.55. The summed E-state index contributed by atoms with van der Waals surface area (Å²) < 4.78 is 21.8. The van der Waals surface area contributed by atoms with Crippen LogP contribution in [0.15, 0.2) is 41.3 Å². The molecule has 7 nitrogen and oxygen atoms in total. The minimum atomic E-state index is -0.325. The average Bonchev–Trinajstić information content (AvgIpc) is 3.01. The Morgan fingerprint density at radius 1 is 1.15 bits per heavy atom. The van der Waals surface area contributed by atoms with E-state index in [9.17, 15) is 9.18 Å². The number of halogens is 1. The number of hydrogen-bond acceptors (Lipinski definition) is 5. The van der Waals surface area contributed by atoms with E-state index in [1.165, 1.54) is 12.1 Å². The molecule has 0 saturated carbocycles. The average molecular weight is 367 g/mol. The Labute approximate surface area is 154 Å². The van der Waals surface area contributed by atoms with Crippen LogP contribution < -0.4 is 5.56 Å². The fourth-order valence-corrected chi connectivity index (χ4v) is 3.16. The molecule has 0 N–H and O–H groups in total. The molecule has 0 saturated heterocycles. The zero-order chi connectivity index (χ0) is 19.1. The van der Waals surface area contributed by atoms with Crippen molar-refractivity contribution in [2.45, 2.75) is 26.5 Å². The van der Waals surface area contributed by atoms with Gasteiger partial charge in [-0.3, -0.25) is 4.79 Å². The molecule has 8 heteroatoms. The molecule has 0 aliphatic carbocycles. The maximum atomic E-state index is 13.3. The van der Waals surface area contributed by atoms with Crippen molar-refractivity contribution < 1.29 is 9.13 Å². The standard InChI is InChI=1S/C19H18FN5O2/c1-11(2)24-9-8-15-17(19(24)26)21-22-18-16(12-4-6-13(20)7-5-12)14(10-27-3)23-25(15)18/h4-9,11H,10H2,1-3H3. The van der Waals surface area contributed by atoms with E-state index in [0.29, 0.717) is 22.4 Å². The fourth-order valence-electron chi connectivity index (χ4n) is 3.16. The molecule has 3 heterocycles. The van der Waals surface area contributed by atoms with Crippen LogP contribution in [-0.2, 0) is 11.3 Å². The first-order valence-corrected chi connectivity index (χ1v) is 8.55. The number of benzene rings is 1. The Morgan fingerprint density at radius 2 is 1.89 bits per heavy atom. The third kappa shape index (κ3) is 2.78. The second-order valence-electron chi connectivity index (χ2n) is 6.55. The number of pyridine rings is 1. The van der Waals surface area contributed by atoms with Gasteiger partial charge < -0.3 is 9.30 Å². The van der Waals surface area contributed by atoms with Crippen molar-refractivity contribution in [2.24, 2.45) is 0 Å². The van der Waals surface area contributed by atoms with Gasteiger partial charge >= 0.3 is 0 Å². The van der Waals surface area contributed by atoms with Crippen molar-refractivity contribution in [1.82, 2.24) is 24.4 Å². The summed E-state index contributed by atoms with van der Waals surface area (Å²) in [6.45, 7) is 4.10. The first-order valence-electron chi connectivity index (χ1n) is 8.55. The highest BCUT2D eigenvalue weighted by atomic mass is 19.1. The van der Waals surface area contributed by atoms with Gasteiger partial charge in [0.05, 0.1) is 17.9 Å². The summed E-state index contributed by atoms with van der Waals surface area (Å²) in [5, 5.41) is 13.0. The molecule has 0 amide bonds. The van der Waals surface area contributed by atoms with Crippen LogP contribution in [0, 0.1) is 5.82 Å². The molecule has 0 aliphatic heterocycles. The molecule has 3 aromatic heterocycles. The van der Waals surface area contributed by atoms with Crippen LogP contribution in [0.25, 0.3) is 27.8 Å². The SMILES string of the molecule is COCc1nn2c(nnc3c(=O)n(C(C)C)ccc32)c1-c1ccc(F)cc1. The summed E-state index contributed by atoms with van der Waals surface area (Å²) >= 11 is 0. The van der Waals surface area contributed by atoms with Gasteiger partial charge in [0.25, 0.3) is 5.56 Å². The molecule has 4 aromatic rings. The number of fused-ring (bicyclic) bond motifs is 3. The van der Waals surface area contributed by atoms with Gasteiger partial charge in [-0.2, -0.15) is 5.10 Å². The van der Waals surface area contributed by atoms with E-state index in [1.54, 1.807) is 40.6 Å². The van der Waals surface area contributed by atoms with E-state index in [4.69, 9.17) is 4.74 Å². The van der Waals surface area contributed by atoms with Crippen LogP contribution in [0.1, 0.15) is 25.6 Å². The Hall–Kier alpha value is -3.13. The second-order valence-corrected chi connectivity index (χ2v) is 6.55. The minimum absolute atomic E-state index is 0.0100. The minimum Gasteiger partial charge on any atom is -0.378 e. The monoisotopic (exact) mass is 367 g/mol. The van der Waals surface area contributed by atoms with Gasteiger partial charge in [-0.25, -0.2) is 8.91 Å². The highest BCUT2D eigenvalue weighted by Crippen LogP contribution is 2.29. The normalized spacial score (nSPS) is 11.7. The maximum absolute atomic E-state index is 13.3. The summed E-state index contributed by atoms with van der Waals surface area (Å²) in [6.07, 6.45) is 1.73. The van der Waals surface area contributed by atoms with Gasteiger partial charge in [0, 0.05) is 19.3 Å². The van der Waals surface area contributed by atoms with Gasteiger partial charge in [0.15, 0.2) is 11.2 Å². The predicted molar refractivity (Wildman–Crippen MR) is 99.0 cm³/mol. The van der Waals surface area contributed by atoms with Gasteiger partial charge in [-0.15, -0.1) is 10.2 Å². The third-order valence-electron chi connectivity index (χ3n) is 4.45. The molecule has 27 heavy (non-hydrogen) atoms. The quantitative estimate of drug-likeness (QED) is 0.554. The lowest BCUT2D eigenvalue weighted by Crippen LogP contribution is -2.23. The zero-order valence-corrected chi connectivity index (χ0v) is 15.2. The lowest BCUT2D eigenvalue weighted by Gasteiger charge is -2.10. The Bertz CT molecular complexity index is 1190. The first-order chi connectivity index (χ1) is 13.0. The van der Waals surface area contributed by atoms with E-state index in [2.05, 4.69) is 15.3 Å². The molecule has 0 aliphatic rings. The highest BCUT2D eigenvalue weighted by molar-refractivity contribution is 5.84. The molecule has 0 bridgehead atoms. The van der Waals surface area contributed by atoms with Crippen molar-refractivity contribution in [3.8, 4) is 11.1 Å². The molecule has 1 aromatic carbocycles. The van der Waals surface area contributed by atoms with Crippen LogP contribution in [0.5, 0.6) is 0 Å². The Balaban J connectivity index is 2.05. The van der Waals surface area contributed by atoms with E-state index in [-0.39, 0.29) is 29.5 Å². The number of methoxy groups -OCH3 is 1. The third-order valence-corrected chi connectivity index (χ3v) is 4.45. The van der Waals surface area contributed by atoms with Gasteiger partial charge in [0.2, 0.25) is 0 Å². The largest absolute Gasteiger partial charge is 0.378 e. The number of hydrogen-bond donors (Lipinski definition) is 0. The molecule has 0 atom stereocenters. The zero-order valence-electron chi connectivity index (χ0n) is 15.2. The number of nitrogens with zero attached hydrogens (tertiary/aromatic N) is 5. The van der Waals surface area contributed by atoms with Crippen LogP contribution in [0.4, 0.5) is 4.39 Å². The van der Waals surface area contributed by atoms with E-state index >= 15 is 0 Å². The Morgan fingerprint density at radius 3 is 2.56 bits per heavy atom. The first kappa shape index (κ1) is 17.3. The summed E-state index contributed by atoms with van der Waals surface area (Å²) in [4.78, 5) is 12.7. The molecule has 0 fully saturated rings. The van der Waals surface area contributed by atoms with Crippen molar-refractivity contribution >= 4 is 16.7 Å². The van der Waals surface area contributed by atoms with Crippen molar-refractivity contribution in [2.75, 3.05) is 7.11 Å². The van der Waals surface area contributed by atoms with Crippen LogP contribution >= 0.6 is 0 Å². The Kier molecular flexibility index (Phi) is 4.19. The van der Waals surface area contributed by atoms with E-state index < -0.39 is 0 Å². The van der Waals surface area contributed by atoms with Crippen molar-refractivity contribution in [1.29, 1.82) is 0 Å². The molecule has 138 valence electrons. The van der Waals surface area contributed by atoms with Crippen LogP contribution in [0.2, 0.25) is 0 Å². The van der Waals surface area contributed by atoms with Crippen LogP contribution in [0.3, 0.4) is 0 Å². The lowest BCUT2D eigenvalue weighted by molar-refractivity contribution is 0.181. The van der Waals surface area contributed by atoms with Gasteiger partial charge in [-0.05, 0) is 37.6 Å². The smallest absolute Gasteiger partial charge is 0.280 e. The number of rotatable bonds is 4.